The third-order valence-electron chi connectivity index (χ3n) is 8.41. The molecular weight excluding hydrogens is 521 g/mol. The second-order valence-electron chi connectivity index (χ2n) is 12.0. The number of nitrogens with one attached hydrogen (secondary N) is 1. The highest BCUT2D eigenvalue weighted by atomic mass is 19.4. The summed E-state index contributed by atoms with van der Waals surface area (Å²) >= 11 is 0. The van der Waals surface area contributed by atoms with Gasteiger partial charge in [0.1, 0.15) is 11.8 Å². The predicted octanol–water partition coefficient (Wildman–Crippen LogP) is 6.45. The minimum atomic E-state index is -4.52. The monoisotopic (exact) mass is 560 g/mol. The topological polar surface area (TPSA) is 78.9 Å². The molecule has 0 spiro atoms. The van der Waals surface area contributed by atoms with Gasteiger partial charge in [0, 0.05) is 30.0 Å². The Morgan fingerprint density at radius 3 is 2.23 bits per heavy atom. The van der Waals surface area contributed by atoms with Crippen LogP contribution in [0.3, 0.4) is 0 Å². The van der Waals surface area contributed by atoms with Gasteiger partial charge in [-0.25, -0.2) is 4.79 Å². The highest BCUT2D eigenvalue weighted by molar-refractivity contribution is 5.87. The van der Waals surface area contributed by atoms with Crippen molar-refractivity contribution in [3.63, 3.8) is 0 Å². The van der Waals surface area contributed by atoms with Crippen molar-refractivity contribution in [1.29, 1.82) is 0 Å². The lowest BCUT2D eigenvalue weighted by atomic mass is 9.72. The molecule has 2 aromatic carbocycles. The normalized spacial score (nSPS) is 24.2. The van der Waals surface area contributed by atoms with Crippen LogP contribution >= 0.6 is 0 Å². The van der Waals surface area contributed by atoms with E-state index in [1.165, 1.54) is 13.2 Å². The first-order valence-electron chi connectivity index (χ1n) is 13.9. The van der Waals surface area contributed by atoms with E-state index in [0.717, 1.165) is 49.8 Å². The summed E-state index contributed by atoms with van der Waals surface area (Å²) in [5.41, 5.74) is -0.243. The molecular formula is C31H39F3N2O4. The molecule has 9 heteroatoms. The summed E-state index contributed by atoms with van der Waals surface area (Å²) in [7, 11) is 1.40. The number of ether oxygens (including phenoxy) is 1. The Morgan fingerprint density at radius 2 is 1.68 bits per heavy atom. The number of hydrogen-bond acceptors (Lipinski definition) is 4. The molecule has 1 saturated carbocycles. The Kier molecular flexibility index (Phi) is 8.83. The Morgan fingerprint density at radius 1 is 1.02 bits per heavy atom. The van der Waals surface area contributed by atoms with Gasteiger partial charge < -0.3 is 20.1 Å². The average Bonchev–Trinajstić information content (AvgIpc) is 3.28. The first-order chi connectivity index (χ1) is 18.8. The minimum Gasteiger partial charge on any atom is -0.496 e. The fourth-order valence-electron chi connectivity index (χ4n) is 6.61. The van der Waals surface area contributed by atoms with Crippen molar-refractivity contribution in [3.05, 3.63) is 65.2 Å². The summed E-state index contributed by atoms with van der Waals surface area (Å²) < 4.78 is 46.0. The zero-order chi connectivity index (χ0) is 29.2. The number of aliphatic carboxylic acids is 1. The van der Waals surface area contributed by atoms with Gasteiger partial charge in [0.25, 0.3) is 0 Å². The summed E-state index contributed by atoms with van der Waals surface area (Å²) in [6.45, 7) is 5.85. The maximum absolute atomic E-state index is 14.1. The number of carbonyl (C=O) groups is 2. The molecule has 2 fully saturated rings. The number of rotatable bonds is 7. The molecule has 0 aromatic heterocycles. The molecule has 1 aliphatic carbocycles. The van der Waals surface area contributed by atoms with Crippen molar-refractivity contribution in [3.8, 4) is 5.75 Å². The van der Waals surface area contributed by atoms with Crippen LogP contribution in [0.1, 0.15) is 75.6 Å². The van der Waals surface area contributed by atoms with Crippen LogP contribution in [0.4, 0.5) is 13.2 Å². The van der Waals surface area contributed by atoms with Gasteiger partial charge in [0.15, 0.2) is 0 Å². The summed E-state index contributed by atoms with van der Waals surface area (Å²) in [6, 6.07) is 10.4. The summed E-state index contributed by atoms with van der Waals surface area (Å²) in [6.07, 6.45) is -0.157. The number of alkyl halides is 3. The number of likely N-dealkylation sites (tertiary alicyclic amines) is 1. The van der Waals surface area contributed by atoms with Crippen LogP contribution in [0, 0.1) is 17.3 Å². The zero-order valence-corrected chi connectivity index (χ0v) is 23.5. The SMILES string of the molecule is COc1ccc(C(F)(F)F)cc1CN[C@@H]1[C@@H](C(C)(C)C)[C@@H](C(=O)O)N(C(=O)C2CCCCC2)[C@H]1c1ccccc1. The van der Waals surface area contributed by atoms with Crippen LogP contribution < -0.4 is 10.1 Å². The van der Waals surface area contributed by atoms with Crippen LogP contribution in [-0.4, -0.2) is 41.1 Å². The van der Waals surface area contributed by atoms with Crippen molar-refractivity contribution >= 4 is 11.9 Å². The first-order valence-corrected chi connectivity index (χ1v) is 13.9. The maximum atomic E-state index is 14.1. The maximum Gasteiger partial charge on any atom is 0.416 e. The first kappa shape index (κ1) is 29.9. The highest BCUT2D eigenvalue weighted by Gasteiger charge is 2.58. The Labute approximate surface area is 233 Å². The number of benzene rings is 2. The largest absolute Gasteiger partial charge is 0.496 e. The fourth-order valence-corrected chi connectivity index (χ4v) is 6.61. The molecule has 6 nitrogen and oxygen atoms in total. The Bertz CT molecular complexity index is 1190. The van der Waals surface area contributed by atoms with Gasteiger partial charge in [-0.15, -0.1) is 0 Å². The number of methoxy groups -OCH3 is 1. The molecule has 0 unspecified atom stereocenters. The average molecular weight is 561 g/mol. The number of carbonyl (C=O) groups excluding carboxylic acids is 1. The van der Waals surface area contributed by atoms with Crippen molar-refractivity contribution < 1.29 is 32.6 Å². The second kappa shape index (κ2) is 11.8. The van der Waals surface area contributed by atoms with E-state index in [2.05, 4.69) is 5.32 Å². The van der Waals surface area contributed by atoms with E-state index < -0.39 is 47.2 Å². The standard InChI is InChI=1S/C31H39F3N2O4/c1-30(2,3)24-25(35-18-21-17-22(31(32,33)34)15-16-23(21)40-4)26(19-11-7-5-8-12-19)36(27(24)29(38)39)28(37)20-13-9-6-10-14-20/h5,7-8,11-12,15-17,20,24-27,35H,6,9-10,13-14,18H2,1-4H3,(H,38,39)/t24-,25-,26+,27+/m1/s1. The van der Waals surface area contributed by atoms with Gasteiger partial charge in [-0.1, -0.05) is 70.4 Å². The molecule has 218 valence electrons. The molecule has 4 atom stereocenters. The van der Waals surface area contributed by atoms with Crippen LogP contribution in [0.2, 0.25) is 0 Å². The van der Waals surface area contributed by atoms with Crippen LogP contribution in [0.15, 0.2) is 48.5 Å². The smallest absolute Gasteiger partial charge is 0.416 e. The van der Waals surface area contributed by atoms with Gasteiger partial charge in [0.05, 0.1) is 18.7 Å². The van der Waals surface area contributed by atoms with Crippen LogP contribution in [0.25, 0.3) is 0 Å². The molecule has 2 aromatic rings. The number of carboxylic acids is 1. The molecule has 2 N–H and O–H groups in total. The minimum absolute atomic E-state index is 0.00543. The third-order valence-corrected chi connectivity index (χ3v) is 8.41. The van der Waals surface area contributed by atoms with E-state index in [0.29, 0.717) is 11.3 Å². The van der Waals surface area contributed by atoms with E-state index in [1.807, 2.05) is 51.1 Å². The lowest BCUT2D eigenvalue weighted by molar-refractivity contribution is -0.154. The van der Waals surface area contributed by atoms with Crippen molar-refractivity contribution in [1.82, 2.24) is 10.2 Å². The van der Waals surface area contributed by atoms with E-state index in [1.54, 1.807) is 4.90 Å². The van der Waals surface area contributed by atoms with Gasteiger partial charge >= 0.3 is 12.1 Å². The number of amides is 1. The number of nitrogens with zero attached hydrogens (tertiary/aromatic N) is 1. The lowest BCUT2D eigenvalue weighted by Crippen LogP contribution is -2.49. The highest BCUT2D eigenvalue weighted by Crippen LogP contribution is 2.49. The van der Waals surface area contributed by atoms with E-state index in [4.69, 9.17) is 4.74 Å². The molecule has 0 radical (unpaired) electrons. The van der Waals surface area contributed by atoms with Crippen molar-refractivity contribution in [2.45, 2.75) is 83.7 Å². The molecule has 40 heavy (non-hydrogen) atoms. The van der Waals surface area contributed by atoms with Crippen LogP contribution in [0.5, 0.6) is 5.75 Å². The molecule has 1 heterocycles. The third kappa shape index (κ3) is 6.14. The predicted molar refractivity (Wildman–Crippen MR) is 146 cm³/mol. The molecule has 1 amide bonds. The lowest BCUT2D eigenvalue weighted by Gasteiger charge is -2.36. The molecule has 1 aliphatic heterocycles. The van der Waals surface area contributed by atoms with Gasteiger partial charge in [-0.3, -0.25) is 4.79 Å². The van der Waals surface area contributed by atoms with Gasteiger partial charge in [-0.05, 0) is 42.0 Å². The number of carboxylic acid groups (broad SMARTS) is 1. The summed E-state index contributed by atoms with van der Waals surface area (Å²) in [5, 5.41) is 14.0. The zero-order valence-electron chi connectivity index (χ0n) is 23.5. The molecule has 1 saturated heterocycles. The van der Waals surface area contributed by atoms with Crippen molar-refractivity contribution in [2.75, 3.05) is 7.11 Å². The van der Waals surface area contributed by atoms with Crippen molar-refractivity contribution in [2.24, 2.45) is 17.3 Å². The Hall–Kier alpha value is -3.07. The van der Waals surface area contributed by atoms with E-state index >= 15 is 0 Å². The molecule has 2 aliphatic rings. The van der Waals surface area contributed by atoms with E-state index in [9.17, 15) is 27.9 Å². The van der Waals surface area contributed by atoms with E-state index in [-0.39, 0.29) is 18.4 Å². The molecule has 4 rings (SSSR count). The number of halogens is 3. The fraction of sp³-hybridized carbons (Fsp3) is 0.548. The van der Waals surface area contributed by atoms with Crippen LogP contribution in [-0.2, 0) is 22.3 Å². The molecule has 0 bridgehead atoms. The quantitative estimate of drug-likeness (QED) is 0.407. The van der Waals surface area contributed by atoms with Gasteiger partial charge in [0.2, 0.25) is 5.91 Å². The number of hydrogen-bond donors (Lipinski definition) is 2. The summed E-state index contributed by atoms with van der Waals surface area (Å²) in [5.74, 6) is -1.71. The Balaban J connectivity index is 1.81. The van der Waals surface area contributed by atoms with Gasteiger partial charge in [-0.2, -0.15) is 13.2 Å². The summed E-state index contributed by atoms with van der Waals surface area (Å²) in [4.78, 5) is 28.7. The second-order valence-corrected chi connectivity index (χ2v) is 12.0.